The summed E-state index contributed by atoms with van der Waals surface area (Å²) in [5, 5.41) is 1.49. The topological polar surface area (TPSA) is 35.0 Å². The lowest BCUT2D eigenvalue weighted by molar-refractivity contribution is 0.534. The minimum absolute atomic E-state index is 0.747. The van der Waals surface area contributed by atoms with Crippen LogP contribution in [0.2, 0.25) is 48.3 Å². The highest BCUT2D eigenvalue weighted by Crippen LogP contribution is 2.34. The van der Waals surface area contributed by atoms with Crippen molar-refractivity contribution in [1.82, 2.24) is 9.97 Å². The van der Waals surface area contributed by atoms with Gasteiger partial charge in [0.05, 0.1) is 20.4 Å². The first kappa shape index (κ1) is 27.9. The maximum absolute atomic E-state index is 6.86. The second-order valence-corrected chi connectivity index (χ2v) is 24.2. The Bertz CT molecular complexity index is 1200. The van der Waals surface area contributed by atoms with Crippen molar-refractivity contribution in [3.63, 3.8) is 0 Å². The molecule has 3 nitrogen and oxygen atoms in total. The van der Waals surface area contributed by atoms with Gasteiger partial charge < -0.3 is 4.12 Å². The van der Waals surface area contributed by atoms with Gasteiger partial charge in [-0.15, -0.1) is 22.7 Å². The van der Waals surface area contributed by atoms with Crippen molar-refractivity contribution in [2.24, 2.45) is 0 Å². The van der Waals surface area contributed by atoms with E-state index in [1.807, 2.05) is 47.8 Å². The second kappa shape index (κ2) is 12.2. The van der Waals surface area contributed by atoms with Gasteiger partial charge in [-0.05, 0) is 87.5 Å². The third-order valence-electron chi connectivity index (χ3n) is 5.51. The van der Waals surface area contributed by atoms with Crippen molar-refractivity contribution >= 4 is 106 Å². The summed E-state index contributed by atoms with van der Waals surface area (Å²) < 4.78 is 11.5. The van der Waals surface area contributed by atoms with Crippen LogP contribution in [0.25, 0.3) is 20.4 Å². The van der Waals surface area contributed by atoms with Crippen LogP contribution in [0.4, 0.5) is 0 Å². The minimum atomic E-state index is -1.68. The molecule has 35 heavy (non-hydrogen) atoms. The molecule has 0 aliphatic carbocycles. The minimum Gasteiger partial charge on any atom is -0.455 e. The molecule has 4 aromatic rings. The molecule has 0 saturated heterocycles. The lowest BCUT2D eigenvalue weighted by Crippen LogP contribution is -2.44. The molecule has 188 valence electrons. The number of thioether (sulfide) groups is 2. The highest BCUT2D eigenvalue weighted by molar-refractivity contribution is 8.01. The van der Waals surface area contributed by atoms with Crippen molar-refractivity contribution < 1.29 is 4.12 Å². The van der Waals surface area contributed by atoms with Gasteiger partial charge in [0.15, 0.2) is 25.3 Å². The van der Waals surface area contributed by atoms with E-state index in [1.165, 1.54) is 34.3 Å². The molecule has 0 spiro atoms. The SMILES string of the molecule is C[Si](C)(CCCSc1nc2cc(Cl)ccc2s1)O[Si](C)(C)CCCSc1nc2cc(Cl)ccc2s1. The molecule has 2 aromatic heterocycles. The van der Waals surface area contributed by atoms with E-state index in [4.69, 9.17) is 37.3 Å². The van der Waals surface area contributed by atoms with E-state index in [1.54, 1.807) is 22.7 Å². The number of hydrogen-bond acceptors (Lipinski definition) is 7. The molecule has 0 N–H and O–H groups in total. The van der Waals surface area contributed by atoms with Gasteiger partial charge in [-0.25, -0.2) is 9.97 Å². The summed E-state index contributed by atoms with van der Waals surface area (Å²) >= 11 is 19.4. The van der Waals surface area contributed by atoms with E-state index in [-0.39, 0.29) is 0 Å². The number of rotatable bonds is 12. The number of halogens is 2. The van der Waals surface area contributed by atoms with Gasteiger partial charge in [-0.3, -0.25) is 0 Å². The lowest BCUT2D eigenvalue weighted by atomic mass is 10.3. The number of hydrogen-bond donors (Lipinski definition) is 0. The molecule has 4 rings (SSSR count). The summed E-state index contributed by atoms with van der Waals surface area (Å²) in [6.45, 7) is 9.53. The third-order valence-corrected chi connectivity index (χ3v) is 18.0. The smallest absolute Gasteiger partial charge is 0.173 e. The van der Waals surface area contributed by atoms with E-state index in [9.17, 15) is 0 Å². The molecule has 11 heteroatoms. The van der Waals surface area contributed by atoms with Crippen LogP contribution in [0, 0.1) is 0 Å². The summed E-state index contributed by atoms with van der Waals surface area (Å²) in [7, 11) is -3.37. The summed E-state index contributed by atoms with van der Waals surface area (Å²) in [5.74, 6) is 2.17. The van der Waals surface area contributed by atoms with E-state index in [0.29, 0.717) is 0 Å². The average molecular weight is 618 g/mol. The van der Waals surface area contributed by atoms with Crippen LogP contribution < -0.4 is 0 Å². The molecule has 0 atom stereocenters. The highest BCUT2D eigenvalue weighted by atomic mass is 35.5. The van der Waals surface area contributed by atoms with Gasteiger partial charge in [0.1, 0.15) is 0 Å². The maximum atomic E-state index is 6.86. The maximum Gasteiger partial charge on any atom is 0.173 e. The van der Waals surface area contributed by atoms with Gasteiger partial charge in [0.25, 0.3) is 0 Å². The average Bonchev–Trinajstić information content (AvgIpc) is 3.36. The molecule has 0 amide bonds. The van der Waals surface area contributed by atoms with Gasteiger partial charge >= 0.3 is 0 Å². The van der Waals surface area contributed by atoms with Gasteiger partial charge in [0.2, 0.25) is 0 Å². The second-order valence-electron chi connectivity index (χ2n) is 9.71. The quantitative estimate of drug-likeness (QED) is 0.0898. The summed E-state index contributed by atoms with van der Waals surface area (Å²) in [6, 6.07) is 14.3. The Kier molecular flexibility index (Phi) is 9.71. The van der Waals surface area contributed by atoms with Crippen molar-refractivity contribution in [3.8, 4) is 0 Å². The summed E-state index contributed by atoms with van der Waals surface area (Å²) in [6.07, 6.45) is 2.34. The van der Waals surface area contributed by atoms with E-state index in [2.05, 4.69) is 38.3 Å². The molecule has 0 bridgehead atoms. The fourth-order valence-corrected chi connectivity index (χ4v) is 17.9. The van der Waals surface area contributed by atoms with E-state index in [0.717, 1.165) is 41.3 Å². The Hall–Kier alpha value is -0.106. The summed E-state index contributed by atoms with van der Waals surface area (Å²) in [5.41, 5.74) is 2.00. The van der Waals surface area contributed by atoms with Crippen LogP contribution in [-0.4, -0.2) is 38.1 Å². The molecule has 2 heterocycles. The number of nitrogens with zero attached hydrogens (tertiary/aromatic N) is 2. The number of thiazole rings is 2. The molecule has 0 radical (unpaired) electrons. The first-order chi connectivity index (χ1) is 16.6. The largest absolute Gasteiger partial charge is 0.455 e. The van der Waals surface area contributed by atoms with Gasteiger partial charge in [0, 0.05) is 21.6 Å². The van der Waals surface area contributed by atoms with Crippen molar-refractivity contribution in [1.29, 1.82) is 0 Å². The third kappa shape index (κ3) is 8.45. The number of benzene rings is 2. The van der Waals surface area contributed by atoms with Crippen LogP contribution in [-0.2, 0) is 4.12 Å². The van der Waals surface area contributed by atoms with Crippen molar-refractivity contribution in [2.75, 3.05) is 11.5 Å². The Balaban J connectivity index is 1.17. The van der Waals surface area contributed by atoms with Crippen LogP contribution in [0.15, 0.2) is 45.1 Å². The summed E-state index contributed by atoms with van der Waals surface area (Å²) in [4.78, 5) is 9.44. The molecule has 0 aliphatic heterocycles. The fraction of sp³-hybridized carbons (Fsp3) is 0.417. The highest BCUT2D eigenvalue weighted by Gasteiger charge is 2.32. The molecule has 0 fully saturated rings. The zero-order valence-corrected chi connectivity index (χ0v) is 27.2. The first-order valence-corrected chi connectivity index (χ1v) is 22.3. The van der Waals surface area contributed by atoms with Crippen LogP contribution in [0.3, 0.4) is 0 Å². The van der Waals surface area contributed by atoms with E-state index < -0.39 is 16.6 Å². The zero-order chi connectivity index (χ0) is 25.1. The molecular formula is C24H30Cl2N2OS4Si2. The normalized spacial score (nSPS) is 12.7. The first-order valence-electron chi connectivity index (χ1n) is 11.7. The molecule has 2 aromatic carbocycles. The van der Waals surface area contributed by atoms with E-state index >= 15 is 0 Å². The predicted octanol–water partition coefficient (Wildman–Crippen LogP) is 10.3. The zero-order valence-electron chi connectivity index (χ0n) is 20.4. The number of aromatic nitrogens is 2. The predicted molar refractivity (Wildman–Crippen MR) is 166 cm³/mol. The Morgan fingerprint density at radius 2 is 1.17 bits per heavy atom. The lowest BCUT2D eigenvalue weighted by Gasteiger charge is -2.34. The van der Waals surface area contributed by atoms with Crippen LogP contribution >= 0.6 is 69.4 Å². The standard InChI is InChI=1S/C24H30Cl2N2OS4Si2/c1-34(2,13-5-11-30-23-27-19-15-17(25)7-9-21(19)32-23)29-35(3,4)14-6-12-31-24-28-20-16-18(26)8-10-22(20)33-24/h7-10,15-16H,5-6,11-14H2,1-4H3. The molecule has 0 aliphatic rings. The Labute approximate surface area is 236 Å². The Morgan fingerprint density at radius 1 is 0.743 bits per heavy atom. The van der Waals surface area contributed by atoms with Crippen LogP contribution in [0.5, 0.6) is 0 Å². The van der Waals surface area contributed by atoms with Gasteiger partial charge in [-0.2, -0.15) is 0 Å². The molecule has 0 unspecified atom stereocenters. The van der Waals surface area contributed by atoms with Gasteiger partial charge in [-0.1, -0.05) is 46.7 Å². The van der Waals surface area contributed by atoms with Crippen LogP contribution in [0.1, 0.15) is 12.8 Å². The molecule has 0 saturated carbocycles. The fourth-order valence-electron chi connectivity index (χ4n) is 4.05. The molecular weight excluding hydrogens is 588 g/mol. The monoisotopic (exact) mass is 616 g/mol. The van der Waals surface area contributed by atoms with Crippen molar-refractivity contribution in [3.05, 3.63) is 46.4 Å². The Morgan fingerprint density at radius 3 is 1.60 bits per heavy atom. The van der Waals surface area contributed by atoms with Crippen molar-refractivity contribution in [2.45, 2.75) is 59.8 Å². The number of fused-ring (bicyclic) bond motifs is 2.